The lowest BCUT2D eigenvalue weighted by Crippen LogP contribution is -2.38. The van der Waals surface area contributed by atoms with Gasteiger partial charge in [0.05, 0.1) is 30.7 Å². The van der Waals surface area contributed by atoms with Crippen LogP contribution in [0.4, 0.5) is 0 Å². The van der Waals surface area contributed by atoms with Gasteiger partial charge in [-0.15, -0.1) is 0 Å². The Balaban J connectivity index is 2.80. The normalized spacial score (nSPS) is 11.5. The quantitative estimate of drug-likeness (QED) is 0.559. The highest BCUT2D eigenvalue weighted by Crippen LogP contribution is 2.23. The van der Waals surface area contributed by atoms with Gasteiger partial charge in [-0.3, -0.25) is 0 Å². The number of quaternary nitrogens is 1. The van der Waals surface area contributed by atoms with Gasteiger partial charge >= 0.3 is 0 Å². The second-order valence-corrected chi connectivity index (χ2v) is 5.13. The molecule has 82 valence electrons. The molecule has 0 atom stereocenters. The third kappa shape index (κ3) is 3.86. The third-order valence-electron chi connectivity index (χ3n) is 2.22. The minimum absolute atomic E-state index is 0.606. The first-order chi connectivity index (χ1) is 6.94. The summed E-state index contributed by atoms with van der Waals surface area (Å²) in [6.45, 7) is 5.61. The van der Waals surface area contributed by atoms with Crippen LogP contribution in [0, 0.1) is 0 Å². The first-order valence-electron chi connectivity index (χ1n) is 4.81. The first kappa shape index (κ1) is 12.6. The van der Waals surface area contributed by atoms with E-state index in [-0.39, 0.29) is 0 Å². The van der Waals surface area contributed by atoms with Gasteiger partial charge in [0.15, 0.2) is 0 Å². The number of benzene rings is 1. The van der Waals surface area contributed by atoms with E-state index in [2.05, 4.69) is 20.7 Å². The Bertz CT molecular complexity index is 359. The summed E-state index contributed by atoms with van der Waals surface area (Å²) in [5, 5.41) is 1.22. The van der Waals surface area contributed by atoms with Crippen molar-refractivity contribution in [1.29, 1.82) is 0 Å². The van der Waals surface area contributed by atoms with E-state index in [0.717, 1.165) is 17.6 Å². The highest BCUT2D eigenvalue weighted by Gasteiger charge is 2.14. The van der Waals surface area contributed by atoms with Gasteiger partial charge in [0.25, 0.3) is 0 Å². The van der Waals surface area contributed by atoms with Gasteiger partial charge < -0.3 is 4.48 Å². The summed E-state index contributed by atoms with van der Waals surface area (Å²) < 4.78 is 0.863. The maximum atomic E-state index is 5.96. The fraction of sp³-hybridized carbons (Fsp3) is 0.333. The van der Waals surface area contributed by atoms with Crippen molar-refractivity contribution in [2.75, 3.05) is 20.6 Å². The second kappa shape index (κ2) is 5.02. The standard InChI is InChI=1S/C12H16Cl2N/c1-4-7-15(2,3)9-10-5-6-11(13)12(14)8-10/h4-6,8H,1,7,9H2,2-3H3/q+1. The topological polar surface area (TPSA) is 0 Å². The summed E-state index contributed by atoms with van der Waals surface area (Å²) in [5.74, 6) is 0. The van der Waals surface area contributed by atoms with E-state index in [1.54, 1.807) is 0 Å². The maximum absolute atomic E-state index is 5.96. The van der Waals surface area contributed by atoms with E-state index in [0.29, 0.717) is 10.0 Å². The van der Waals surface area contributed by atoms with Crippen molar-refractivity contribution in [2.24, 2.45) is 0 Å². The van der Waals surface area contributed by atoms with E-state index in [1.165, 1.54) is 5.56 Å². The lowest BCUT2D eigenvalue weighted by molar-refractivity contribution is -0.897. The van der Waals surface area contributed by atoms with Gasteiger partial charge in [0.2, 0.25) is 0 Å². The molecule has 0 aliphatic rings. The molecule has 0 bridgehead atoms. The van der Waals surface area contributed by atoms with Crippen molar-refractivity contribution in [3.8, 4) is 0 Å². The number of likely N-dealkylation sites (N-methyl/N-ethyl adjacent to an activating group) is 1. The highest BCUT2D eigenvalue weighted by molar-refractivity contribution is 6.41. The van der Waals surface area contributed by atoms with E-state index in [1.807, 2.05) is 24.3 Å². The summed E-state index contributed by atoms with van der Waals surface area (Å²) in [6.07, 6.45) is 1.93. The van der Waals surface area contributed by atoms with Crippen molar-refractivity contribution in [2.45, 2.75) is 6.54 Å². The van der Waals surface area contributed by atoms with E-state index in [9.17, 15) is 0 Å². The predicted molar refractivity (Wildman–Crippen MR) is 67.3 cm³/mol. The zero-order valence-electron chi connectivity index (χ0n) is 9.13. The van der Waals surface area contributed by atoms with Crippen LogP contribution in [0.15, 0.2) is 30.9 Å². The van der Waals surface area contributed by atoms with Crippen LogP contribution < -0.4 is 0 Å². The van der Waals surface area contributed by atoms with E-state index in [4.69, 9.17) is 23.2 Å². The lowest BCUT2D eigenvalue weighted by atomic mass is 10.2. The third-order valence-corrected chi connectivity index (χ3v) is 2.96. The Labute approximate surface area is 102 Å². The summed E-state index contributed by atoms with van der Waals surface area (Å²) >= 11 is 11.8. The van der Waals surface area contributed by atoms with Gasteiger partial charge in [0.1, 0.15) is 6.54 Å². The largest absolute Gasteiger partial charge is 0.321 e. The molecule has 0 spiro atoms. The molecule has 1 aromatic rings. The van der Waals surface area contributed by atoms with Crippen molar-refractivity contribution in [3.63, 3.8) is 0 Å². The molecule has 0 saturated heterocycles. The summed E-state index contributed by atoms with van der Waals surface area (Å²) in [7, 11) is 4.31. The lowest BCUT2D eigenvalue weighted by Gasteiger charge is -2.28. The number of hydrogen-bond donors (Lipinski definition) is 0. The van der Waals surface area contributed by atoms with Crippen molar-refractivity contribution < 1.29 is 4.48 Å². The van der Waals surface area contributed by atoms with Crippen molar-refractivity contribution >= 4 is 23.2 Å². The molecule has 0 radical (unpaired) electrons. The Morgan fingerprint density at radius 2 is 1.93 bits per heavy atom. The Hall–Kier alpha value is -0.500. The van der Waals surface area contributed by atoms with Crippen molar-refractivity contribution in [1.82, 2.24) is 0 Å². The Kier molecular flexibility index (Phi) is 4.21. The van der Waals surface area contributed by atoms with Gasteiger partial charge in [-0.05, 0) is 18.2 Å². The molecular weight excluding hydrogens is 229 g/mol. The van der Waals surface area contributed by atoms with Crippen molar-refractivity contribution in [3.05, 3.63) is 46.5 Å². The summed E-state index contributed by atoms with van der Waals surface area (Å²) in [5.41, 5.74) is 1.19. The Morgan fingerprint density at radius 1 is 1.27 bits per heavy atom. The highest BCUT2D eigenvalue weighted by atomic mass is 35.5. The van der Waals surface area contributed by atoms with Crippen LogP contribution in [-0.2, 0) is 6.54 Å². The zero-order chi connectivity index (χ0) is 11.5. The molecule has 0 amide bonds. The van der Waals surface area contributed by atoms with Crippen LogP contribution >= 0.6 is 23.2 Å². The minimum atomic E-state index is 0.606. The maximum Gasteiger partial charge on any atom is 0.104 e. The molecular formula is C12H16Cl2N+. The van der Waals surface area contributed by atoms with Crippen LogP contribution in [0.2, 0.25) is 10.0 Å². The van der Waals surface area contributed by atoms with E-state index >= 15 is 0 Å². The minimum Gasteiger partial charge on any atom is -0.321 e. The Morgan fingerprint density at radius 3 is 2.47 bits per heavy atom. The smallest absolute Gasteiger partial charge is 0.104 e. The van der Waals surface area contributed by atoms with E-state index < -0.39 is 0 Å². The summed E-state index contributed by atoms with van der Waals surface area (Å²) in [6, 6.07) is 5.78. The number of hydrogen-bond acceptors (Lipinski definition) is 0. The molecule has 0 saturated carbocycles. The molecule has 15 heavy (non-hydrogen) atoms. The number of rotatable bonds is 4. The molecule has 0 aromatic heterocycles. The van der Waals surface area contributed by atoms with Gasteiger partial charge in [-0.25, -0.2) is 0 Å². The monoisotopic (exact) mass is 244 g/mol. The van der Waals surface area contributed by atoms with Gasteiger partial charge in [-0.1, -0.05) is 35.8 Å². The zero-order valence-corrected chi connectivity index (χ0v) is 10.6. The van der Waals surface area contributed by atoms with Crippen LogP contribution in [0.3, 0.4) is 0 Å². The predicted octanol–water partition coefficient (Wildman–Crippen LogP) is 3.76. The van der Waals surface area contributed by atoms with Crippen LogP contribution in [0.1, 0.15) is 5.56 Å². The molecule has 0 fully saturated rings. The average Bonchev–Trinajstić information content (AvgIpc) is 2.10. The molecule has 0 unspecified atom stereocenters. The fourth-order valence-corrected chi connectivity index (χ4v) is 1.87. The second-order valence-electron chi connectivity index (χ2n) is 4.31. The van der Waals surface area contributed by atoms with Crippen LogP contribution in [0.25, 0.3) is 0 Å². The SMILES string of the molecule is C=CC[N+](C)(C)Cc1ccc(Cl)c(Cl)c1. The molecule has 0 aliphatic heterocycles. The fourth-order valence-electron chi connectivity index (χ4n) is 1.55. The molecule has 1 rings (SSSR count). The van der Waals surface area contributed by atoms with Crippen LogP contribution in [0.5, 0.6) is 0 Å². The molecule has 1 aromatic carbocycles. The number of halogens is 2. The molecule has 0 N–H and O–H groups in total. The first-order valence-corrected chi connectivity index (χ1v) is 5.57. The molecule has 0 aliphatic carbocycles. The molecule has 1 nitrogen and oxygen atoms in total. The summed E-state index contributed by atoms with van der Waals surface area (Å²) in [4.78, 5) is 0. The average molecular weight is 245 g/mol. The molecule has 3 heteroatoms. The van der Waals surface area contributed by atoms with Gasteiger partial charge in [-0.2, -0.15) is 0 Å². The number of nitrogens with zero attached hydrogens (tertiary/aromatic N) is 1. The van der Waals surface area contributed by atoms with Crippen LogP contribution in [-0.4, -0.2) is 25.1 Å². The van der Waals surface area contributed by atoms with Gasteiger partial charge in [0, 0.05) is 5.56 Å². The molecule has 0 heterocycles.